The number of rotatable bonds is 7. The first-order valence-corrected chi connectivity index (χ1v) is 7.09. The molecular formula is C13H20ClN3O. The van der Waals surface area contributed by atoms with Crippen LogP contribution in [0, 0.1) is 5.92 Å². The summed E-state index contributed by atoms with van der Waals surface area (Å²) >= 11 is 6.03. The first-order chi connectivity index (χ1) is 8.72. The average Bonchev–Trinajstić information content (AvgIpc) is 3.16. The molecule has 0 bridgehead atoms. The topological polar surface area (TPSA) is 46.9 Å². The summed E-state index contributed by atoms with van der Waals surface area (Å²) in [6, 6.07) is 0. The maximum atomic E-state index is 12.2. The third kappa shape index (κ3) is 3.48. The molecule has 0 radical (unpaired) electrons. The van der Waals surface area contributed by atoms with Crippen molar-refractivity contribution in [2.24, 2.45) is 5.92 Å². The summed E-state index contributed by atoms with van der Waals surface area (Å²) in [6.45, 7) is 3.66. The molecule has 1 N–H and O–H groups in total. The molecule has 0 unspecified atom stereocenters. The van der Waals surface area contributed by atoms with Gasteiger partial charge in [-0.2, -0.15) is 5.10 Å². The van der Waals surface area contributed by atoms with Crippen LogP contribution in [0.1, 0.15) is 39.0 Å². The third-order valence-electron chi connectivity index (χ3n) is 3.21. The smallest absolute Gasteiger partial charge is 0.291 e. The number of hydrogen-bond acceptors (Lipinski definition) is 3. The minimum Gasteiger partial charge on any atom is -0.379 e. The highest BCUT2D eigenvalue weighted by atomic mass is 35.5. The van der Waals surface area contributed by atoms with Crippen molar-refractivity contribution in [2.75, 3.05) is 11.9 Å². The van der Waals surface area contributed by atoms with E-state index in [2.05, 4.69) is 17.3 Å². The lowest BCUT2D eigenvalue weighted by atomic mass is 10.2. The van der Waals surface area contributed by atoms with Crippen LogP contribution in [-0.4, -0.2) is 16.3 Å². The van der Waals surface area contributed by atoms with Crippen molar-refractivity contribution >= 4 is 17.3 Å². The van der Waals surface area contributed by atoms with Gasteiger partial charge in [-0.3, -0.25) is 4.79 Å². The second kappa shape index (κ2) is 6.23. The van der Waals surface area contributed by atoms with E-state index in [1.54, 1.807) is 6.20 Å². The molecule has 1 aromatic heterocycles. The van der Waals surface area contributed by atoms with Crippen molar-refractivity contribution in [2.45, 2.75) is 45.6 Å². The molecule has 100 valence electrons. The van der Waals surface area contributed by atoms with Gasteiger partial charge >= 0.3 is 0 Å². The number of halogens is 1. The van der Waals surface area contributed by atoms with Crippen LogP contribution in [0.15, 0.2) is 11.0 Å². The largest absolute Gasteiger partial charge is 0.379 e. The van der Waals surface area contributed by atoms with E-state index in [4.69, 9.17) is 11.6 Å². The Morgan fingerprint density at radius 3 is 2.94 bits per heavy atom. The van der Waals surface area contributed by atoms with E-state index in [0.29, 0.717) is 16.6 Å². The van der Waals surface area contributed by atoms with Crippen molar-refractivity contribution in [3.05, 3.63) is 21.6 Å². The van der Waals surface area contributed by atoms with Crippen molar-refractivity contribution in [1.29, 1.82) is 0 Å². The highest BCUT2D eigenvalue weighted by Gasteiger charge is 2.23. The summed E-state index contributed by atoms with van der Waals surface area (Å²) < 4.78 is 1.53. The van der Waals surface area contributed by atoms with Gasteiger partial charge in [-0.1, -0.05) is 31.4 Å². The molecule has 2 rings (SSSR count). The normalized spacial score (nSPS) is 14.8. The molecule has 1 fully saturated rings. The van der Waals surface area contributed by atoms with Crippen LogP contribution in [0.25, 0.3) is 0 Å². The van der Waals surface area contributed by atoms with Crippen molar-refractivity contribution in [3.8, 4) is 0 Å². The number of nitrogens with one attached hydrogen (secondary N) is 1. The predicted molar refractivity (Wildman–Crippen MR) is 74.2 cm³/mol. The lowest BCUT2D eigenvalue weighted by Crippen LogP contribution is -2.27. The quantitative estimate of drug-likeness (QED) is 0.774. The second-order valence-electron chi connectivity index (χ2n) is 4.93. The van der Waals surface area contributed by atoms with Gasteiger partial charge < -0.3 is 5.32 Å². The van der Waals surface area contributed by atoms with E-state index in [1.807, 2.05) is 0 Å². The highest BCUT2D eigenvalue weighted by molar-refractivity contribution is 6.32. The lowest BCUT2D eigenvalue weighted by molar-refractivity contribution is 0.534. The average molecular weight is 270 g/mol. The molecule has 1 heterocycles. The zero-order chi connectivity index (χ0) is 13.0. The molecule has 1 saturated carbocycles. The molecule has 0 aliphatic heterocycles. The van der Waals surface area contributed by atoms with Gasteiger partial charge in [0.05, 0.1) is 11.2 Å². The van der Waals surface area contributed by atoms with Crippen LogP contribution in [0.2, 0.25) is 5.02 Å². The molecular weight excluding hydrogens is 250 g/mol. The molecule has 0 aromatic carbocycles. The van der Waals surface area contributed by atoms with Crippen LogP contribution in [0.4, 0.5) is 5.69 Å². The van der Waals surface area contributed by atoms with Crippen LogP contribution >= 0.6 is 11.6 Å². The SMILES string of the molecule is CCCCCNc1c(Cl)cnn(CC2CC2)c1=O. The molecule has 1 aliphatic carbocycles. The van der Waals surface area contributed by atoms with E-state index in [9.17, 15) is 4.79 Å². The molecule has 0 spiro atoms. The Labute approximate surface area is 112 Å². The second-order valence-corrected chi connectivity index (χ2v) is 5.34. The van der Waals surface area contributed by atoms with Crippen LogP contribution in [-0.2, 0) is 6.54 Å². The molecule has 18 heavy (non-hydrogen) atoms. The lowest BCUT2D eigenvalue weighted by Gasteiger charge is -2.10. The number of aromatic nitrogens is 2. The number of hydrogen-bond donors (Lipinski definition) is 1. The molecule has 4 nitrogen and oxygen atoms in total. The van der Waals surface area contributed by atoms with E-state index in [0.717, 1.165) is 32.4 Å². The number of unbranched alkanes of at least 4 members (excludes halogenated alkanes) is 2. The Morgan fingerprint density at radius 1 is 1.50 bits per heavy atom. The molecule has 5 heteroatoms. The molecule has 0 amide bonds. The van der Waals surface area contributed by atoms with Crippen molar-refractivity contribution < 1.29 is 0 Å². The zero-order valence-corrected chi connectivity index (χ0v) is 11.5. The summed E-state index contributed by atoms with van der Waals surface area (Å²) in [5, 5.41) is 7.66. The van der Waals surface area contributed by atoms with Gasteiger partial charge in [-0.05, 0) is 25.2 Å². The summed E-state index contributed by atoms with van der Waals surface area (Å²) in [6.07, 6.45) is 7.35. The Morgan fingerprint density at radius 2 is 2.28 bits per heavy atom. The molecule has 0 atom stereocenters. The first kappa shape index (κ1) is 13.4. The fraction of sp³-hybridized carbons (Fsp3) is 0.692. The molecule has 0 saturated heterocycles. The van der Waals surface area contributed by atoms with Crippen LogP contribution in [0.5, 0.6) is 0 Å². The number of nitrogens with zero attached hydrogens (tertiary/aromatic N) is 2. The fourth-order valence-corrected chi connectivity index (χ4v) is 2.08. The van der Waals surface area contributed by atoms with Gasteiger partial charge in [0.25, 0.3) is 5.56 Å². The van der Waals surface area contributed by atoms with Gasteiger partial charge in [0.15, 0.2) is 0 Å². The highest BCUT2D eigenvalue weighted by Crippen LogP contribution is 2.30. The van der Waals surface area contributed by atoms with Gasteiger partial charge in [0.2, 0.25) is 0 Å². The Bertz CT molecular complexity index is 454. The van der Waals surface area contributed by atoms with E-state index < -0.39 is 0 Å². The third-order valence-corrected chi connectivity index (χ3v) is 3.49. The minimum atomic E-state index is -0.0918. The number of anilines is 1. The van der Waals surface area contributed by atoms with Gasteiger partial charge in [0.1, 0.15) is 5.69 Å². The van der Waals surface area contributed by atoms with E-state index in [-0.39, 0.29) is 5.56 Å². The summed E-state index contributed by atoms with van der Waals surface area (Å²) in [5.41, 5.74) is 0.411. The Kier molecular flexibility index (Phi) is 4.64. The monoisotopic (exact) mass is 269 g/mol. The summed E-state index contributed by atoms with van der Waals surface area (Å²) in [4.78, 5) is 12.2. The maximum absolute atomic E-state index is 12.2. The Balaban J connectivity index is 2.04. The van der Waals surface area contributed by atoms with Crippen molar-refractivity contribution in [3.63, 3.8) is 0 Å². The van der Waals surface area contributed by atoms with E-state index in [1.165, 1.54) is 17.5 Å². The summed E-state index contributed by atoms with van der Waals surface area (Å²) in [7, 11) is 0. The minimum absolute atomic E-state index is 0.0918. The molecule has 1 aliphatic rings. The Hall–Kier alpha value is -1.03. The zero-order valence-electron chi connectivity index (χ0n) is 10.8. The van der Waals surface area contributed by atoms with E-state index >= 15 is 0 Å². The molecule has 1 aromatic rings. The maximum Gasteiger partial charge on any atom is 0.291 e. The predicted octanol–water partition coefficient (Wildman–Crippen LogP) is 2.91. The van der Waals surface area contributed by atoms with Crippen molar-refractivity contribution in [1.82, 2.24) is 9.78 Å². The first-order valence-electron chi connectivity index (χ1n) is 6.72. The van der Waals surface area contributed by atoms with Crippen LogP contribution < -0.4 is 10.9 Å². The van der Waals surface area contributed by atoms with Gasteiger partial charge in [-0.25, -0.2) is 4.68 Å². The fourth-order valence-electron chi connectivity index (χ4n) is 1.89. The van der Waals surface area contributed by atoms with Gasteiger partial charge in [0, 0.05) is 13.1 Å². The summed E-state index contributed by atoms with van der Waals surface area (Å²) in [5.74, 6) is 0.629. The standard InChI is InChI=1S/C13H20ClN3O/c1-2-3-4-7-15-12-11(14)8-16-17(13(12)18)9-10-5-6-10/h8,10,15H,2-7,9H2,1H3. The van der Waals surface area contributed by atoms with Crippen LogP contribution in [0.3, 0.4) is 0 Å². The van der Waals surface area contributed by atoms with Gasteiger partial charge in [-0.15, -0.1) is 0 Å².